The van der Waals surface area contributed by atoms with Gasteiger partial charge in [0.15, 0.2) is 0 Å². The number of benzene rings is 2. The van der Waals surface area contributed by atoms with E-state index in [4.69, 9.17) is 23.2 Å². The zero-order chi connectivity index (χ0) is 21.4. The summed E-state index contributed by atoms with van der Waals surface area (Å²) in [6, 6.07) is 11.4. The van der Waals surface area contributed by atoms with Gasteiger partial charge in [-0.3, -0.25) is 14.4 Å². The zero-order valence-corrected chi connectivity index (χ0v) is 17.8. The van der Waals surface area contributed by atoms with E-state index in [0.29, 0.717) is 38.8 Å². The molecule has 2 aromatic rings. The number of allylic oxidation sites excluding steroid dienone is 2. The molecule has 6 atom stereocenters. The van der Waals surface area contributed by atoms with Crippen LogP contribution in [0, 0.1) is 35.5 Å². The summed E-state index contributed by atoms with van der Waals surface area (Å²) < 4.78 is 0. The Morgan fingerprint density at radius 1 is 0.935 bits per heavy atom. The van der Waals surface area contributed by atoms with E-state index in [1.54, 1.807) is 42.5 Å². The van der Waals surface area contributed by atoms with Crippen molar-refractivity contribution in [3.05, 3.63) is 70.2 Å². The Hall–Kier alpha value is -2.63. The van der Waals surface area contributed by atoms with E-state index in [9.17, 15) is 14.4 Å². The fourth-order valence-electron chi connectivity index (χ4n) is 5.78. The van der Waals surface area contributed by atoms with Gasteiger partial charge < -0.3 is 5.32 Å². The highest BCUT2D eigenvalue weighted by atomic mass is 35.5. The summed E-state index contributed by atoms with van der Waals surface area (Å²) in [5.41, 5.74) is 1.21. The predicted octanol–water partition coefficient (Wildman–Crippen LogP) is 4.80. The number of carbonyl (C=O) groups is 3. The summed E-state index contributed by atoms with van der Waals surface area (Å²) in [6.45, 7) is 0. The van der Waals surface area contributed by atoms with Crippen LogP contribution >= 0.6 is 23.2 Å². The first-order valence-electron chi connectivity index (χ1n) is 10.4. The van der Waals surface area contributed by atoms with Crippen LogP contribution < -0.4 is 10.2 Å². The van der Waals surface area contributed by atoms with Gasteiger partial charge in [-0.05, 0) is 66.5 Å². The third-order valence-electron chi connectivity index (χ3n) is 7.21. The molecule has 3 amide bonds. The minimum Gasteiger partial charge on any atom is -0.321 e. The Labute approximate surface area is 189 Å². The second-order valence-electron chi connectivity index (χ2n) is 8.80. The van der Waals surface area contributed by atoms with Crippen LogP contribution in [-0.2, 0) is 9.59 Å². The van der Waals surface area contributed by atoms with Crippen LogP contribution in [0.25, 0.3) is 0 Å². The van der Waals surface area contributed by atoms with Gasteiger partial charge in [0.05, 0.1) is 28.2 Å². The summed E-state index contributed by atoms with van der Waals surface area (Å²) >= 11 is 12.1. The topological polar surface area (TPSA) is 66.5 Å². The minimum atomic E-state index is -0.384. The quantitative estimate of drug-likeness (QED) is 0.536. The van der Waals surface area contributed by atoms with Gasteiger partial charge in [0.2, 0.25) is 11.8 Å². The van der Waals surface area contributed by atoms with Gasteiger partial charge in [-0.15, -0.1) is 0 Å². The van der Waals surface area contributed by atoms with Crippen molar-refractivity contribution < 1.29 is 14.4 Å². The SMILES string of the molecule is O=C(Nc1ccc(Cl)cc1Cl)c1cccc(N2C(=O)C3C4C=CC(C5CC45)C3C2=O)c1. The number of amides is 3. The van der Waals surface area contributed by atoms with Gasteiger partial charge in [0, 0.05) is 10.6 Å². The average molecular weight is 453 g/mol. The van der Waals surface area contributed by atoms with Gasteiger partial charge in [0.25, 0.3) is 5.91 Å². The number of hydrogen-bond donors (Lipinski definition) is 1. The Morgan fingerprint density at radius 3 is 2.26 bits per heavy atom. The number of carbonyl (C=O) groups excluding carboxylic acids is 3. The molecule has 7 heteroatoms. The Balaban J connectivity index is 1.28. The third kappa shape index (κ3) is 2.80. The summed E-state index contributed by atoms with van der Waals surface area (Å²) in [5, 5.41) is 3.55. The van der Waals surface area contributed by atoms with Gasteiger partial charge in [0.1, 0.15) is 0 Å². The highest BCUT2D eigenvalue weighted by Gasteiger charge is 2.67. The highest BCUT2D eigenvalue weighted by Crippen LogP contribution is 2.65. The van der Waals surface area contributed by atoms with Crippen molar-refractivity contribution >= 4 is 52.3 Å². The van der Waals surface area contributed by atoms with E-state index >= 15 is 0 Å². The van der Waals surface area contributed by atoms with E-state index in [0.717, 1.165) is 6.42 Å². The standard InChI is InChI=1S/C24H18Cl2N2O3/c25-12-4-7-19(18(26)9-12)27-22(29)11-2-1-3-13(8-11)28-23(30)20-14-5-6-15(17-10-16(14)17)21(20)24(28)31/h1-9,14-17,20-21H,10H2,(H,27,29). The molecule has 2 bridgehead atoms. The number of anilines is 2. The van der Waals surface area contributed by atoms with Crippen LogP contribution in [-0.4, -0.2) is 17.7 Å². The molecule has 3 fully saturated rings. The van der Waals surface area contributed by atoms with Crippen molar-refractivity contribution in [2.45, 2.75) is 6.42 Å². The summed E-state index contributed by atoms with van der Waals surface area (Å²) in [4.78, 5) is 40.7. The first kappa shape index (κ1) is 19.1. The number of halogens is 2. The normalized spacial score (nSPS) is 32.1. The van der Waals surface area contributed by atoms with E-state index in [1.165, 1.54) is 4.90 Å². The molecule has 0 spiro atoms. The van der Waals surface area contributed by atoms with Crippen molar-refractivity contribution in [2.75, 3.05) is 10.2 Å². The van der Waals surface area contributed by atoms with Crippen molar-refractivity contribution in [1.29, 1.82) is 0 Å². The lowest BCUT2D eigenvalue weighted by atomic mass is 9.63. The first-order valence-corrected chi connectivity index (χ1v) is 11.1. The second-order valence-corrected chi connectivity index (χ2v) is 9.64. The number of rotatable bonds is 3. The molecule has 1 heterocycles. The van der Waals surface area contributed by atoms with Crippen LogP contribution in [0.5, 0.6) is 0 Å². The monoisotopic (exact) mass is 452 g/mol. The second kappa shape index (κ2) is 6.68. The largest absolute Gasteiger partial charge is 0.321 e. The zero-order valence-electron chi connectivity index (χ0n) is 16.3. The van der Waals surface area contributed by atoms with E-state index in [1.807, 2.05) is 0 Å². The lowest BCUT2D eigenvalue weighted by Gasteiger charge is -2.37. The molecule has 5 nitrogen and oxygen atoms in total. The lowest BCUT2D eigenvalue weighted by molar-refractivity contribution is -0.124. The first-order chi connectivity index (χ1) is 14.9. The molecular formula is C24H18Cl2N2O3. The number of nitrogens with zero attached hydrogens (tertiary/aromatic N) is 1. The Morgan fingerprint density at radius 2 is 1.61 bits per heavy atom. The number of hydrogen-bond acceptors (Lipinski definition) is 3. The van der Waals surface area contributed by atoms with Crippen molar-refractivity contribution in [1.82, 2.24) is 0 Å². The van der Waals surface area contributed by atoms with Crippen LogP contribution in [0.2, 0.25) is 10.0 Å². The predicted molar refractivity (Wildman–Crippen MR) is 118 cm³/mol. The van der Waals surface area contributed by atoms with Gasteiger partial charge >= 0.3 is 0 Å². The lowest BCUT2D eigenvalue weighted by Crippen LogP contribution is -2.40. The van der Waals surface area contributed by atoms with E-state index in [-0.39, 0.29) is 41.4 Å². The van der Waals surface area contributed by atoms with Crippen molar-refractivity contribution in [3.63, 3.8) is 0 Å². The van der Waals surface area contributed by atoms with E-state index < -0.39 is 0 Å². The van der Waals surface area contributed by atoms with Gasteiger partial charge in [-0.2, -0.15) is 0 Å². The molecule has 5 aliphatic rings. The molecule has 1 aliphatic heterocycles. The molecule has 2 aromatic carbocycles. The number of imide groups is 1. The van der Waals surface area contributed by atoms with Crippen LogP contribution in [0.4, 0.5) is 11.4 Å². The minimum absolute atomic E-state index is 0.141. The molecule has 156 valence electrons. The molecule has 1 N–H and O–H groups in total. The molecule has 1 saturated heterocycles. The maximum atomic E-state index is 13.3. The molecule has 0 radical (unpaired) electrons. The third-order valence-corrected chi connectivity index (χ3v) is 7.76. The molecule has 0 aromatic heterocycles. The van der Waals surface area contributed by atoms with Crippen molar-refractivity contribution in [2.24, 2.45) is 35.5 Å². The van der Waals surface area contributed by atoms with E-state index in [2.05, 4.69) is 17.5 Å². The molecule has 31 heavy (non-hydrogen) atoms. The fraction of sp³-hybridized carbons (Fsp3) is 0.292. The molecular weight excluding hydrogens is 435 g/mol. The van der Waals surface area contributed by atoms with Gasteiger partial charge in [-0.25, -0.2) is 4.90 Å². The van der Waals surface area contributed by atoms with Crippen LogP contribution in [0.3, 0.4) is 0 Å². The molecule has 2 saturated carbocycles. The van der Waals surface area contributed by atoms with Crippen LogP contribution in [0.15, 0.2) is 54.6 Å². The summed E-state index contributed by atoms with van der Waals surface area (Å²) in [6.07, 6.45) is 5.42. The maximum Gasteiger partial charge on any atom is 0.255 e. The molecule has 7 rings (SSSR count). The fourth-order valence-corrected chi connectivity index (χ4v) is 6.24. The summed E-state index contributed by atoms with van der Waals surface area (Å²) in [7, 11) is 0. The van der Waals surface area contributed by atoms with Crippen LogP contribution in [0.1, 0.15) is 16.8 Å². The molecule has 4 aliphatic carbocycles. The highest BCUT2D eigenvalue weighted by molar-refractivity contribution is 6.36. The number of nitrogens with one attached hydrogen (secondary N) is 1. The average Bonchev–Trinajstić information content (AvgIpc) is 3.53. The smallest absolute Gasteiger partial charge is 0.255 e. The van der Waals surface area contributed by atoms with Crippen molar-refractivity contribution in [3.8, 4) is 0 Å². The maximum absolute atomic E-state index is 13.3. The summed E-state index contributed by atoms with van der Waals surface area (Å²) in [5.74, 6) is 0.234. The van der Waals surface area contributed by atoms with Gasteiger partial charge in [-0.1, -0.05) is 41.4 Å². The Kier molecular flexibility index (Phi) is 4.11. The Bertz CT molecular complexity index is 1160. The molecule has 6 unspecified atom stereocenters.